The van der Waals surface area contributed by atoms with Crippen LogP contribution in [-0.4, -0.2) is 19.5 Å². The molecule has 29 heavy (non-hydrogen) atoms. The van der Waals surface area contributed by atoms with Crippen molar-refractivity contribution < 1.29 is 22.8 Å². The molecule has 3 N–H and O–H groups in total. The molecule has 3 aromatic rings. The van der Waals surface area contributed by atoms with Gasteiger partial charge in [-0.05, 0) is 53.1 Å². The van der Waals surface area contributed by atoms with Gasteiger partial charge in [0.1, 0.15) is 5.82 Å². The van der Waals surface area contributed by atoms with Gasteiger partial charge in [-0.1, -0.05) is 42.5 Å². The molecular weight excluding hydrogens is 395 g/mol. The Hall–Kier alpha value is -3.49. The number of sulfonamides is 1. The van der Waals surface area contributed by atoms with E-state index in [2.05, 4.69) is 4.72 Å². The summed E-state index contributed by atoms with van der Waals surface area (Å²) in [5.74, 6) is -1.26. The molecule has 0 atom stereocenters. The van der Waals surface area contributed by atoms with Gasteiger partial charge in [-0.25, -0.2) is 18.3 Å². The number of hydrogen-bond acceptors (Lipinski definition) is 4. The third-order valence-electron chi connectivity index (χ3n) is 4.02. The predicted octanol–water partition coefficient (Wildman–Crippen LogP) is 3.56. The number of nitrogens with one attached hydrogen (secondary N) is 2. The molecule has 0 saturated carbocycles. The van der Waals surface area contributed by atoms with E-state index in [0.717, 1.165) is 12.1 Å². The lowest BCUT2D eigenvalue weighted by Crippen LogP contribution is -2.16. The number of hydrogen-bond donors (Lipinski definition) is 3. The van der Waals surface area contributed by atoms with E-state index in [1.54, 1.807) is 54.0 Å². The monoisotopic (exact) mass is 412 g/mol. The second-order valence-electron chi connectivity index (χ2n) is 6.04. The molecule has 0 bridgehead atoms. The molecule has 0 fully saturated rings. The summed E-state index contributed by atoms with van der Waals surface area (Å²) >= 11 is 0. The van der Waals surface area contributed by atoms with Gasteiger partial charge in [0.15, 0.2) is 0 Å². The Morgan fingerprint density at radius 2 is 1.55 bits per heavy atom. The molecule has 3 aromatic carbocycles. The van der Waals surface area contributed by atoms with E-state index >= 15 is 0 Å². The number of halogens is 1. The van der Waals surface area contributed by atoms with Crippen LogP contribution in [0.3, 0.4) is 0 Å². The molecule has 148 valence electrons. The van der Waals surface area contributed by atoms with E-state index < -0.39 is 21.7 Å². The number of carbonyl (C=O) groups is 1. The molecule has 0 saturated heterocycles. The fourth-order valence-corrected chi connectivity index (χ4v) is 3.74. The zero-order valence-electron chi connectivity index (χ0n) is 15.0. The second-order valence-corrected chi connectivity index (χ2v) is 7.72. The van der Waals surface area contributed by atoms with Crippen LogP contribution in [0.1, 0.15) is 11.1 Å². The van der Waals surface area contributed by atoms with E-state index in [0.29, 0.717) is 16.7 Å². The molecule has 0 heterocycles. The van der Waals surface area contributed by atoms with Crippen LogP contribution >= 0.6 is 0 Å². The summed E-state index contributed by atoms with van der Waals surface area (Å²) in [7, 11) is -3.92. The Balaban J connectivity index is 1.98. The number of rotatable bonds is 6. The number of benzene rings is 3. The summed E-state index contributed by atoms with van der Waals surface area (Å²) in [5.41, 5.74) is 3.56. The zero-order chi connectivity index (χ0) is 20.9. The number of anilines is 1. The summed E-state index contributed by atoms with van der Waals surface area (Å²) in [6, 6.07) is 19.9. The molecule has 0 aliphatic carbocycles. The molecule has 0 aliphatic rings. The van der Waals surface area contributed by atoms with Gasteiger partial charge in [-0.15, -0.1) is 0 Å². The second kappa shape index (κ2) is 8.68. The number of carbonyl (C=O) groups excluding carboxylic acids is 1. The molecule has 0 spiro atoms. The van der Waals surface area contributed by atoms with Gasteiger partial charge in [0.05, 0.1) is 4.90 Å². The maximum atomic E-state index is 13.1. The zero-order valence-corrected chi connectivity index (χ0v) is 15.9. The highest BCUT2D eigenvalue weighted by Gasteiger charge is 2.15. The first-order valence-electron chi connectivity index (χ1n) is 8.49. The summed E-state index contributed by atoms with van der Waals surface area (Å²) in [6.45, 7) is 0. The lowest BCUT2D eigenvalue weighted by molar-refractivity contribution is -0.124. The lowest BCUT2D eigenvalue weighted by atomic mass is 9.97. The molecule has 6 nitrogen and oxygen atoms in total. The van der Waals surface area contributed by atoms with Crippen molar-refractivity contribution in [1.29, 1.82) is 0 Å². The predicted molar refractivity (Wildman–Crippen MR) is 107 cm³/mol. The molecular formula is C21H17FN2O4S. The fourth-order valence-electron chi connectivity index (χ4n) is 2.69. The average molecular weight is 412 g/mol. The van der Waals surface area contributed by atoms with Gasteiger partial charge in [-0.3, -0.25) is 14.7 Å². The first-order chi connectivity index (χ1) is 13.9. The highest BCUT2D eigenvalue weighted by Crippen LogP contribution is 2.26. The van der Waals surface area contributed by atoms with Crippen LogP contribution in [0.25, 0.3) is 5.57 Å². The lowest BCUT2D eigenvalue weighted by Gasteiger charge is -2.12. The van der Waals surface area contributed by atoms with Gasteiger partial charge in [0.25, 0.3) is 15.9 Å². The van der Waals surface area contributed by atoms with Crippen molar-refractivity contribution in [1.82, 2.24) is 5.48 Å². The van der Waals surface area contributed by atoms with Crippen molar-refractivity contribution in [3.8, 4) is 0 Å². The van der Waals surface area contributed by atoms with E-state index in [1.165, 1.54) is 18.2 Å². The molecule has 0 unspecified atom stereocenters. The Morgan fingerprint density at radius 1 is 0.897 bits per heavy atom. The summed E-state index contributed by atoms with van der Waals surface area (Å²) in [5, 5.41) is 8.87. The maximum absolute atomic E-state index is 13.1. The van der Waals surface area contributed by atoms with Gasteiger partial charge >= 0.3 is 0 Å². The number of hydroxylamine groups is 1. The minimum atomic E-state index is -3.92. The van der Waals surface area contributed by atoms with Crippen molar-refractivity contribution in [3.05, 3.63) is 102 Å². The quantitative estimate of drug-likeness (QED) is 0.328. The van der Waals surface area contributed by atoms with E-state index in [-0.39, 0.29) is 10.6 Å². The summed E-state index contributed by atoms with van der Waals surface area (Å²) in [6.07, 6.45) is 1.21. The Morgan fingerprint density at radius 3 is 2.21 bits per heavy atom. The van der Waals surface area contributed by atoms with Crippen LogP contribution in [0.15, 0.2) is 89.8 Å². The van der Waals surface area contributed by atoms with Crippen LogP contribution in [0.5, 0.6) is 0 Å². The van der Waals surface area contributed by atoms with Crippen LogP contribution in [-0.2, 0) is 14.8 Å². The smallest absolute Gasteiger partial charge is 0.267 e. The minimum absolute atomic E-state index is 0.0808. The van der Waals surface area contributed by atoms with Gasteiger partial charge in [-0.2, -0.15) is 0 Å². The SMILES string of the molecule is O=C(C=C(c1ccccc1)c1cccc(NS(=O)(=O)c2ccc(F)cc2)c1)NO. The molecule has 0 radical (unpaired) electrons. The Kier molecular flexibility index (Phi) is 6.06. The highest BCUT2D eigenvalue weighted by atomic mass is 32.2. The third kappa shape index (κ3) is 5.07. The first kappa shape index (κ1) is 20.2. The van der Waals surface area contributed by atoms with Crippen LogP contribution < -0.4 is 10.2 Å². The fraction of sp³-hybridized carbons (Fsp3) is 0. The van der Waals surface area contributed by atoms with E-state index in [4.69, 9.17) is 5.21 Å². The van der Waals surface area contributed by atoms with Crippen molar-refractivity contribution in [2.75, 3.05) is 4.72 Å². The van der Waals surface area contributed by atoms with Crippen molar-refractivity contribution in [2.45, 2.75) is 4.90 Å². The first-order valence-corrected chi connectivity index (χ1v) is 9.97. The van der Waals surface area contributed by atoms with Crippen molar-refractivity contribution >= 4 is 27.2 Å². The van der Waals surface area contributed by atoms with Gasteiger partial charge in [0, 0.05) is 11.8 Å². The Labute approximate surface area is 167 Å². The Bertz CT molecular complexity index is 1140. The molecule has 0 aliphatic heterocycles. The summed E-state index contributed by atoms with van der Waals surface area (Å²) in [4.78, 5) is 11.6. The van der Waals surface area contributed by atoms with E-state index in [1.807, 2.05) is 6.07 Å². The van der Waals surface area contributed by atoms with Crippen LogP contribution in [0.2, 0.25) is 0 Å². The maximum Gasteiger partial charge on any atom is 0.267 e. The van der Waals surface area contributed by atoms with Crippen molar-refractivity contribution in [2.24, 2.45) is 0 Å². The third-order valence-corrected chi connectivity index (χ3v) is 5.42. The average Bonchev–Trinajstić information content (AvgIpc) is 2.72. The normalized spacial score (nSPS) is 11.7. The molecule has 3 rings (SSSR count). The highest BCUT2D eigenvalue weighted by molar-refractivity contribution is 7.92. The van der Waals surface area contributed by atoms with E-state index in [9.17, 15) is 17.6 Å². The summed E-state index contributed by atoms with van der Waals surface area (Å²) < 4.78 is 40.6. The molecule has 8 heteroatoms. The van der Waals surface area contributed by atoms with Gasteiger partial charge < -0.3 is 0 Å². The van der Waals surface area contributed by atoms with Gasteiger partial charge in [0.2, 0.25) is 0 Å². The molecule has 0 aromatic heterocycles. The minimum Gasteiger partial charge on any atom is -0.288 e. The largest absolute Gasteiger partial charge is 0.288 e. The topological polar surface area (TPSA) is 95.5 Å². The van der Waals surface area contributed by atoms with Crippen LogP contribution in [0.4, 0.5) is 10.1 Å². The van der Waals surface area contributed by atoms with Crippen molar-refractivity contribution in [3.63, 3.8) is 0 Å². The number of amides is 1. The van der Waals surface area contributed by atoms with Crippen LogP contribution in [0, 0.1) is 5.82 Å². The molecule has 1 amide bonds. The standard InChI is InChI=1S/C21H17FN2O4S/c22-17-9-11-19(12-10-17)29(27,28)24-18-8-4-7-16(13-18)20(14-21(25)23-26)15-5-2-1-3-6-15/h1-14,24,26H,(H,23,25).